The number of nitrogen functional groups attached to an aromatic ring is 1. The van der Waals surface area contributed by atoms with E-state index in [9.17, 15) is 4.79 Å². The Morgan fingerprint density at radius 2 is 2.06 bits per heavy atom. The number of esters is 1. The number of hydrogen-bond donors (Lipinski definition) is 1. The number of fused-ring (bicyclic) bond motifs is 1. The molecule has 2 N–H and O–H groups in total. The van der Waals surface area contributed by atoms with Gasteiger partial charge in [-0.3, -0.25) is 9.36 Å². The smallest absolute Gasteiger partial charge is 0.303 e. The highest BCUT2D eigenvalue weighted by atomic mass is 35.5. The quantitative estimate of drug-likeness (QED) is 0.332. The van der Waals surface area contributed by atoms with Crippen molar-refractivity contribution in [2.24, 2.45) is 0 Å². The number of carbonyl (C=O) groups is 1. The number of imidazole rings is 1. The molecular weight excluding hydrogens is 449 g/mol. The fourth-order valence-electron chi connectivity index (χ4n) is 3.31. The van der Waals surface area contributed by atoms with E-state index in [1.54, 1.807) is 31.4 Å². The lowest BCUT2D eigenvalue weighted by Crippen LogP contribution is -2.34. The van der Waals surface area contributed by atoms with Gasteiger partial charge in [-0.15, -0.1) is 11.6 Å². The third kappa shape index (κ3) is 4.25. The number of carbonyl (C=O) groups excluding carboxylic acids is 1. The summed E-state index contributed by atoms with van der Waals surface area (Å²) in [6.07, 6.45) is -0.275. The van der Waals surface area contributed by atoms with Gasteiger partial charge < -0.3 is 19.9 Å². The number of nitrogens with zero attached hydrogens (tertiary/aromatic N) is 4. The second-order valence-corrected chi connectivity index (χ2v) is 8.40. The molecule has 0 amide bonds. The normalized spacial score (nSPS) is 24.3. The zero-order chi connectivity index (χ0) is 22.1. The van der Waals surface area contributed by atoms with Gasteiger partial charge in [0.1, 0.15) is 29.1 Å². The topological polar surface area (TPSA) is 114 Å². The summed E-state index contributed by atoms with van der Waals surface area (Å²) in [5.41, 5.74) is 5.02. The first kappa shape index (κ1) is 21.6. The molecule has 1 unspecified atom stereocenters. The molecule has 0 bridgehead atoms. The average Bonchev–Trinajstić information content (AvgIpc) is 3.31. The van der Waals surface area contributed by atoms with Gasteiger partial charge in [0.25, 0.3) is 0 Å². The maximum absolute atomic E-state index is 15.2. The van der Waals surface area contributed by atoms with Crippen molar-refractivity contribution in [1.29, 1.82) is 0 Å². The van der Waals surface area contributed by atoms with Crippen LogP contribution in [0.25, 0.3) is 11.2 Å². The van der Waals surface area contributed by atoms with Crippen LogP contribution in [0.2, 0.25) is 0 Å². The Morgan fingerprint density at radius 3 is 2.74 bits per heavy atom. The lowest BCUT2D eigenvalue weighted by molar-refractivity contribution is -0.152. The SMILES string of the molecule is COc1ccc(SC(F)[C@H]2O[C@@H](n3cnc4c(N)ncnc43)[C@H](OC(C)=O)[C@@H]2Cl)cc1. The van der Waals surface area contributed by atoms with Crippen molar-refractivity contribution in [3.8, 4) is 5.75 Å². The zero-order valence-electron chi connectivity index (χ0n) is 16.5. The number of alkyl halides is 2. The van der Waals surface area contributed by atoms with Gasteiger partial charge in [0.2, 0.25) is 0 Å². The molecule has 3 heterocycles. The Bertz CT molecular complexity index is 1080. The van der Waals surface area contributed by atoms with Crippen molar-refractivity contribution in [2.45, 2.75) is 41.1 Å². The highest BCUT2D eigenvalue weighted by Gasteiger charge is 2.51. The van der Waals surface area contributed by atoms with E-state index in [2.05, 4.69) is 15.0 Å². The molecule has 5 atom stereocenters. The van der Waals surface area contributed by atoms with Gasteiger partial charge in [0.05, 0.1) is 13.4 Å². The van der Waals surface area contributed by atoms with Crippen LogP contribution in [0.4, 0.5) is 10.2 Å². The molecule has 1 aliphatic rings. The lowest BCUT2D eigenvalue weighted by atomic mass is 10.2. The van der Waals surface area contributed by atoms with E-state index in [0.29, 0.717) is 21.8 Å². The number of aromatic nitrogens is 4. The van der Waals surface area contributed by atoms with Crippen molar-refractivity contribution < 1.29 is 23.4 Å². The van der Waals surface area contributed by atoms with Crippen molar-refractivity contribution in [3.63, 3.8) is 0 Å². The number of methoxy groups -OCH3 is 1. The van der Waals surface area contributed by atoms with Crippen molar-refractivity contribution in [2.75, 3.05) is 12.8 Å². The fourth-order valence-corrected chi connectivity index (χ4v) is 4.68. The zero-order valence-corrected chi connectivity index (χ0v) is 18.1. The predicted octanol–water partition coefficient (Wildman–Crippen LogP) is 2.94. The molecule has 1 saturated heterocycles. The first-order chi connectivity index (χ1) is 14.9. The summed E-state index contributed by atoms with van der Waals surface area (Å²) in [5.74, 6) is 0.278. The van der Waals surface area contributed by atoms with E-state index in [-0.39, 0.29) is 5.82 Å². The molecule has 12 heteroatoms. The number of thioether (sulfide) groups is 1. The van der Waals surface area contributed by atoms with Crippen LogP contribution in [0.15, 0.2) is 41.8 Å². The number of nitrogens with two attached hydrogens (primary N) is 1. The van der Waals surface area contributed by atoms with Crippen molar-refractivity contribution >= 4 is 46.3 Å². The van der Waals surface area contributed by atoms with Crippen LogP contribution in [0.1, 0.15) is 13.2 Å². The molecule has 31 heavy (non-hydrogen) atoms. The summed E-state index contributed by atoms with van der Waals surface area (Å²) in [6.45, 7) is 1.25. The predicted molar refractivity (Wildman–Crippen MR) is 113 cm³/mol. The number of ether oxygens (including phenoxy) is 3. The first-order valence-corrected chi connectivity index (χ1v) is 10.5. The summed E-state index contributed by atoms with van der Waals surface area (Å²) in [7, 11) is 1.55. The van der Waals surface area contributed by atoms with Crippen LogP contribution in [-0.4, -0.2) is 55.7 Å². The standard InChI is InChI=1S/C19H19ClFN5O4S/c1-9(27)29-15-12(20)14(16(21)31-11-5-3-10(28-2)4-6-11)30-19(15)26-8-25-13-17(22)23-7-24-18(13)26/h3-8,12,14-16,19H,1-2H3,(H2,22,23,24)/t12-,14+,15-,16?,19-/m1/s1. The number of hydrogen-bond acceptors (Lipinski definition) is 9. The van der Waals surface area contributed by atoms with Crippen LogP contribution in [0.5, 0.6) is 5.75 Å². The minimum Gasteiger partial charge on any atom is -0.497 e. The Labute approximate surface area is 186 Å². The van der Waals surface area contributed by atoms with Gasteiger partial charge in [0.15, 0.2) is 29.3 Å². The molecule has 1 fully saturated rings. The third-order valence-corrected chi connectivity index (χ3v) is 6.27. The molecule has 0 spiro atoms. The highest BCUT2D eigenvalue weighted by molar-refractivity contribution is 7.99. The Hall–Kier alpha value is -2.63. The number of anilines is 1. The summed E-state index contributed by atoms with van der Waals surface area (Å²) in [5, 5.41) is -0.953. The monoisotopic (exact) mass is 467 g/mol. The first-order valence-electron chi connectivity index (χ1n) is 9.23. The molecule has 2 aromatic heterocycles. The van der Waals surface area contributed by atoms with Crippen LogP contribution < -0.4 is 10.5 Å². The summed E-state index contributed by atoms with van der Waals surface area (Å²) in [6, 6.07) is 6.93. The molecule has 3 aromatic rings. The van der Waals surface area contributed by atoms with E-state index in [0.717, 1.165) is 11.8 Å². The summed E-state index contributed by atoms with van der Waals surface area (Å²) >= 11 is 7.47. The molecule has 0 radical (unpaired) electrons. The van der Waals surface area contributed by atoms with Crippen molar-refractivity contribution in [3.05, 3.63) is 36.9 Å². The number of benzene rings is 1. The average molecular weight is 468 g/mol. The second kappa shape index (κ2) is 8.85. The van der Waals surface area contributed by atoms with Crippen LogP contribution in [0, 0.1) is 0 Å². The van der Waals surface area contributed by atoms with Crippen LogP contribution >= 0.6 is 23.4 Å². The minimum atomic E-state index is -1.53. The van der Waals surface area contributed by atoms with Gasteiger partial charge in [-0.1, -0.05) is 11.8 Å². The summed E-state index contributed by atoms with van der Waals surface area (Å²) < 4.78 is 33.2. The van der Waals surface area contributed by atoms with Crippen LogP contribution in [0.3, 0.4) is 0 Å². The van der Waals surface area contributed by atoms with Crippen molar-refractivity contribution in [1.82, 2.24) is 19.5 Å². The van der Waals surface area contributed by atoms with E-state index >= 15 is 4.39 Å². The molecular formula is C19H19ClFN5O4S. The molecule has 0 saturated carbocycles. The van der Waals surface area contributed by atoms with Crippen LogP contribution in [-0.2, 0) is 14.3 Å². The largest absolute Gasteiger partial charge is 0.497 e. The Balaban J connectivity index is 1.61. The van der Waals surface area contributed by atoms with E-state index in [1.807, 2.05) is 0 Å². The van der Waals surface area contributed by atoms with Gasteiger partial charge in [-0.2, -0.15) is 0 Å². The minimum absolute atomic E-state index is 0.184. The van der Waals surface area contributed by atoms with E-state index in [4.69, 9.17) is 31.5 Å². The molecule has 4 rings (SSSR count). The lowest BCUT2D eigenvalue weighted by Gasteiger charge is -2.20. The maximum atomic E-state index is 15.2. The number of halogens is 2. The molecule has 1 aromatic carbocycles. The maximum Gasteiger partial charge on any atom is 0.303 e. The van der Waals surface area contributed by atoms with Gasteiger partial charge >= 0.3 is 5.97 Å². The second-order valence-electron chi connectivity index (χ2n) is 6.74. The highest BCUT2D eigenvalue weighted by Crippen LogP contribution is 2.42. The molecule has 1 aliphatic heterocycles. The third-order valence-electron chi connectivity index (χ3n) is 4.73. The van der Waals surface area contributed by atoms with Gasteiger partial charge in [-0.25, -0.2) is 19.3 Å². The van der Waals surface area contributed by atoms with Gasteiger partial charge in [0, 0.05) is 11.8 Å². The van der Waals surface area contributed by atoms with Gasteiger partial charge in [-0.05, 0) is 24.3 Å². The molecule has 9 nitrogen and oxygen atoms in total. The summed E-state index contributed by atoms with van der Waals surface area (Å²) in [4.78, 5) is 24.6. The Kier molecular flexibility index (Phi) is 6.17. The number of rotatable bonds is 6. The molecule has 164 valence electrons. The fraction of sp³-hybridized carbons (Fsp3) is 0.368. The van der Waals surface area contributed by atoms with E-state index in [1.165, 1.54) is 24.1 Å². The van der Waals surface area contributed by atoms with E-state index < -0.39 is 35.3 Å². The Morgan fingerprint density at radius 1 is 1.32 bits per heavy atom. The molecule has 0 aliphatic carbocycles.